The van der Waals surface area contributed by atoms with E-state index in [1.807, 2.05) is 13.0 Å². The van der Waals surface area contributed by atoms with Gasteiger partial charge < -0.3 is 15.0 Å². The monoisotopic (exact) mass is 359 g/mol. The third-order valence-corrected chi connectivity index (χ3v) is 4.82. The Morgan fingerprint density at radius 2 is 1.96 bits per heavy atom. The fourth-order valence-electron chi connectivity index (χ4n) is 2.85. The molecule has 0 heterocycles. The molecule has 1 aromatic carbocycles. The number of benzene rings is 1. The molecular formula is C19H25N3O4. The molecule has 2 rings (SSSR count). The number of likely N-dealkylation sites (N-methyl/N-ethyl adjacent to an activating group) is 1. The predicted octanol–water partition coefficient (Wildman–Crippen LogP) is 2.29. The van der Waals surface area contributed by atoms with Crippen LogP contribution in [0, 0.1) is 11.3 Å². The van der Waals surface area contributed by atoms with E-state index in [1.165, 1.54) is 14.2 Å². The molecule has 7 heteroatoms. The molecule has 0 aliphatic heterocycles. The van der Waals surface area contributed by atoms with Gasteiger partial charge in [-0.1, -0.05) is 48.4 Å². The molecule has 1 aromatic rings. The van der Waals surface area contributed by atoms with Crippen LogP contribution in [0.1, 0.15) is 38.3 Å². The lowest BCUT2D eigenvalue weighted by atomic mass is 9.98. The second-order valence-electron chi connectivity index (χ2n) is 6.66. The van der Waals surface area contributed by atoms with Crippen LogP contribution in [0.5, 0.6) is 0 Å². The second kappa shape index (κ2) is 8.12. The summed E-state index contributed by atoms with van der Waals surface area (Å²) >= 11 is 0. The summed E-state index contributed by atoms with van der Waals surface area (Å²) in [6.07, 6.45) is 0.879. The molecule has 2 unspecified atom stereocenters. The zero-order chi connectivity index (χ0) is 19.3. The summed E-state index contributed by atoms with van der Waals surface area (Å²) in [7, 11) is 2.89. The lowest BCUT2D eigenvalue weighted by Gasteiger charge is -2.11. The lowest BCUT2D eigenvalue weighted by molar-refractivity contribution is -0.117. The third-order valence-electron chi connectivity index (χ3n) is 4.82. The highest BCUT2D eigenvalue weighted by atomic mass is 16.6. The summed E-state index contributed by atoms with van der Waals surface area (Å²) in [6.45, 7) is 5.77. The van der Waals surface area contributed by atoms with Crippen LogP contribution in [0.15, 0.2) is 34.6 Å². The highest BCUT2D eigenvalue weighted by molar-refractivity contribution is 6.45. The Labute approximate surface area is 153 Å². The van der Waals surface area contributed by atoms with E-state index in [4.69, 9.17) is 9.68 Å². The van der Waals surface area contributed by atoms with Crippen LogP contribution in [0.25, 0.3) is 0 Å². The summed E-state index contributed by atoms with van der Waals surface area (Å²) in [4.78, 5) is 34.6. The van der Waals surface area contributed by atoms with E-state index < -0.39 is 0 Å². The number of nitrogens with one attached hydrogen (secondary N) is 1. The van der Waals surface area contributed by atoms with Crippen molar-refractivity contribution in [2.24, 2.45) is 21.6 Å². The van der Waals surface area contributed by atoms with Crippen LogP contribution in [0.3, 0.4) is 0 Å². The summed E-state index contributed by atoms with van der Waals surface area (Å²) in [5.74, 6) is 0.0244. The maximum Gasteiger partial charge on any atom is 0.273 e. The van der Waals surface area contributed by atoms with Crippen molar-refractivity contribution >= 4 is 23.1 Å². The van der Waals surface area contributed by atoms with Gasteiger partial charge in [0.15, 0.2) is 11.5 Å². The number of hydrogen-bond acceptors (Lipinski definition) is 6. The smallest absolute Gasteiger partial charge is 0.273 e. The minimum Gasteiger partial charge on any atom is -0.398 e. The number of rotatable bonds is 8. The largest absolute Gasteiger partial charge is 0.398 e. The molecule has 1 fully saturated rings. The van der Waals surface area contributed by atoms with Crippen LogP contribution in [-0.2, 0) is 25.9 Å². The highest BCUT2D eigenvalue weighted by Gasteiger charge is 2.53. The van der Waals surface area contributed by atoms with E-state index in [1.54, 1.807) is 25.1 Å². The minimum absolute atomic E-state index is 0.0188. The average Bonchev–Trinajstić information content (AvgIpc) is 3.26. The van der Waals surface area contributed by atoms with Crippen molar-refractivity contribution in [1.82, 2.24) is 5.32 Å². The normalized spacial score (nSPS) is 22.6. The molecule has 140 valence electrons. The van der Waals surface area contributed by atoms with Crippen molar-refractivity contribution in [1.29, 1.82) is 0 Å². The molecule has 0 aromatic heterocycles. The minimum atomic E-state index is -0.371. The predicted molar refractivity (Wildman–Crippen MR) is 98.8 cm³/mol. The number of amides is 1. The summed E-state index contributed by atoms with van der Waals surface area (Å²) < 4.78 is 0. The molecule has 0 bridgehead atoms. The zero-order valence-corrected chi connectivity index (χ0v) is 15.8. The molecule has 1 amide bonds. The van der Waals surface area contributed by atoms with E-state index in [0.29, 0.717) is 22.8 Å². The van der Waals surface area contributed by atoms with Crippen molar-refractivity contribution in [2.45, 2.75) is 33.8 Å². The maximum atomic E-state index is 12.4. The van der Waals surface area contributed by atoms with E-state index >= 15 is 0 Å². The Morgan fingerprint density at radius 1 is 1.31 bits per heavy atom. The number of carbonyl (C=O) groups is 2. The lowest BCUT2D eigenvalue weighted by Crippen LogP contribution is -2.29. The number of carbonyl (C=O) groups excluding carboxylic acids is 2. The molecule has 0 saturated heterocycles. The maximum absolute atomic E-state index is 12.4. The third kappa shape index (κ3) is 4.09. The van der Waals surface area contributed by atoms with E-state index in [2.05, 4.69) is 22.6 Å². The van der Waals surface area contributed by atoms with Crippen molar-refractivity contribution < 1.29 is 19.3 Å². The zero-order valence-electron chi connectivity index (χ0n) is 15.8. The quantitative estimate of drug-likeness (QED) is 0.570. The molecule has 7 nitrogen and oxygen atoms in total. The number of hydrogen-bond donors (Lipinski definition) is 1. The number of nitrogens with zero attached hydrogens (tertiary/aromatic N) is 2. The summed E-state index contributed by atoms with van der Waals surface area (Å²) in [6, 6.07) is 7.17. The van der Waals surface area contributed by atoms with Crippen LogP contribution in [0.2, 0.25) is 0 Å². The molecule has 1 N–H and O–H groups in total. The van der Waals surface area contributed by atoms with Gasteiger partial charge in [0, 0.05) is 23.6 Å². The molecular weight excluding hydrogens is 334 g/mol. The Kier molecular flexibility index (Phi) is 6.13. The summed E-state index contributed by atoms with van der Waals surface area (Å²) in [5, 5.41) is 10.3. The first-order valence-corrected chi connectivity index (χ1v) is 8.48. The molecule has 0 radical (unpaired) electrons. The standard InChI is InChI=1S/C19H25N3O4/c1-12-10-19(12,3)17(23)13(2)21-26-11-14-8-6-7-9-15(14)16(22-25-5)18(24)20-4/h6-9,12H,10-11H2,1-5H3,(H,20,24)/b21-13+,22-16+. The molecule has 0 spiro atoms. The van der Waals surface area contributed by atoms with Gasteiger partial charge in [-0.05, 0) is 19.3 Å². The van der Waals surface area contributed by atoms with Gasteiger partial charge in [0.2, 0.25) is 0 Å². The van der Waals surface area contributed by atoms with Gasteiger partial charge in [-0.3, -0.25) is 9.59 Å². The van der Waals surface area contributed by atoms with Gasteiger partial charge in [-0.25, -0.2) is 0 Å². The molecule has 1 saturated carbocycles. The molecule has 26 heavy (non-hydrogen) atoms. The van der Waals surface area contributed by atoms with Crippen LogP contribution in [-0.4, -0.2) is 37.3 Å². The van der Waals surface area contributed by atoms with Gasteiger partial charge >= 0.3 is 0 Å². The van der Waals surface area contributed by atoms with Crippen molar-refractivity contribution in [3.05, 3.63) is 35.4 Å². The average molecular weight is 359 g/mol. The van der Waals surface area contributed by atoms with Gasteiger partial charge in [-0.15, -0.1) is 0 Å². The van der Waals surface area contributed by atoms with Gasteiger partial charge in [-0.2, -0.15) is 0 Å². The molecule has 1 aliphatic carbocycles. The van der Waals surface area contributed by atoms with Crippen LogP contribution < -0.4 is 5.32 Å². The van der Waals surface area contributed by atoms with Gasteiger partial charge in [0.1, 0.15) is 19.4 Å². The van der Waals surface area contributed by atoms with Crippen LogP contribution >= 0.6 is 0 Å². The Bertz CT molecular complexity index is 757. The fourth-order valence-corrected chi connectivity index (χ4v) is 2.85. The molecule has 2 atom stereocenters. The SMILES string of the molecule is CNC(=O)/C(=N/OC)c1ccccc1CO/N=C(\C)C(=O)C1(C)CC1C. The van der Waals surface area contributed by atoms with Crippen molar-refractivity contribution in [3.63, 3.8) is 0 Å². The first-order chi connectivity index (χ1) is 12.3. The molecule has 1 aliphatic rings. The highest BCUT2D eigenvalue weighted by Crippen LogP contribution is 2.52. The Balaban J connectivity index is 2.13. The van der Waals surface area contributed by atoms with Gasteiger partial charge in [0.25, 0.3) is 5.91 Å². The van der Waals surface area contributed by atoms with E-state index in [0.717, 1.165) is 6.42 Å². The van der Waals surface area contributed by atoms with Crippen molar-refractivity contribution in [3.8, 4) is 0 Å². The number of ketones is 1. The first kappa shape index (κ1) is 19.6. The number of Topliss-reactive ketones (excluding diaryl/α,β-unsaturated/α-hetero) is 1. The fraction of sp³-hybridized carbons (Fsp3) is 0.474. The summed E-state index contributed by atoms with van der Waals surface area (Å²) in [5.41, 5.74) is 1.47. The van der Waals surface area contributed by atoms with Gasteiger partial charge in [0.05, 0.1) is 0 Å². The van der Waals surface area contributed by atoms with E-state index in [-0.39, 0.29) is 29.4 Å². The first-order valence-electron chi connectivity index (χ1n) is 8.48. The second-order valence-corrected chi connectivity index (χ2v) is 6.66. The van der Waals surface area contributed by atoms with E-state index in [9.17, 15) is 9.59 Å². The van der Waals surface area contributed by atoms with Crippen molar-refractivity contribution in [2.75, 3.05) is 14.2 Å². The Hall–Kier alpha value is -2.70. The van der Waals surface area contributed by atoms with Crippen LogP contribution in [0.4, 0.5) is 0 Å². The Morgan fingerprint density at radius 3 is 2.54 bits per heavy atom. The number of oxime groups is 2. The topological polar surface area (TPSA) is 89.3 Å².